The van der Waals surface area contributed by atoms with E-state index in [0.717, 1.165) is 16.9 Å². The normalized spacial score (nSPS) is 16.3. The molecular formula is C25H28N6O5. The molecule has 2 saturated heterocycles. The molecule has 0 bridgehead atoms. The third kappa shape index (κ3) is 4.74. The molecule has 11 nitrogen and oxygen atoms in total. The number of benzene rings is 1. The summed E-state index contributed by atoms with van der Waals surface area (Å²) in [4.78, 5) is 38.9. The number of anilines is 2. The lowest BCUT2D eigenvalue weighted by atomic mass is 10.0. The number of fused-ring (bicyclic) bond motifs is 1. The maximum atomic E-state index is 12.1. The zero-order chi connectivity index (χ0) is 25.1. The summed E-state index contributed by atoms with van der Waals surface area (Å²) < 4.78 is 10.6. The molecule has 36 heavy (non-hydrogen) atoms. The molecule has 0 N–H and O–H groups in total. The molecule has 2 fully saturated rings. The van der Waals surface area contributed by atoms with Gasteiger partial charge in [0.2, 0.25) is 5.82 Å². The van der Waals surface area contributed by atoms with Crippen molar-refractivity contribution < 1.29 is 19.2 Å². The fourth-order valence-corrected chi connectivity index (χ4v) is 4.60. The largest absolute Gasteiger partial charge is 0.450 e. The summed E-state index contributed by atoms with van der Waals surface area (Å²) in [7, 11) is 0. The lowest BCUT2D eigenvalue weighted by Gasteiger charge is -2.34. The van der Waals surface area contributed by atoms with E-state index in [1.165, 1.54) is 0 Å². The standard InChI is InChI=1S/C25H28N6O5/c1-2-36-25(32)30-10-8-28(9-11-30)24-21(31(33)34)17-19-16-20(18-6-4-3-5-7-18)23(26-22(19)27-24)29-12-14-35-15-13-29/h3-7,16-17H,2,8-15H2,1H3. The molecule has 4 heterocycles. The molecule has 0 aliphatic carbocycles. The Bertz CT molecular complexity index is 1260. The Hall–Kier alpha value is -3.99. The van der Waals surface area contributed by atoms with E-state index in [4.69, 9.17) is 19.4 Å². The summed E-state index contributed by atoms with van der Waals surface area (Å²) in [5.74, 6) is 1.06. The number of piperazine rings is 1. The van der Waals surface area contributed by atoms with E-state index < -0.39 is 4.92 Å². The molecule has 0 radical (unpaired) electrons. The molecule has 2 aromatic heterocycles. The molecule has 1 amide bonds. The number of ether oxygens (including phenoxy) is 2. The van der Waals surface area contributed by atoms with Gasteiger partial charge in [-0.15, -0.1) is 0 Å². The maximum Gasteiger partial charge on any atom is 0.409 e. The average molecular weight is 493 g/mol. The van der Waals surface area contributed by atoms with Gasteiger partial charge >= 0.3 is 11.8 Å². The van der Waals surface area contributed by atoms with Crippen LogP contribution in [0, 0.1) is 10.1 Å². The van der Waals surface area contributed by atoms with Gasteiger partial charge < -0.3 is 24.2 Å². The number of pyridine rings is 2. The monoisotopic (exact) mass is 492 g/mol. The van der Waals surface area contributed by atoms with Crippen molar-refractivity contribution in [2.75, 3.05) is 68.9 Å². The molecule has 3 aromatic rings. The smallest absolute Gasteiger partial charge is 0.409 e. The fraction of sp³-hybridized carbons (Fsp3) is 0.400. The first-order valence-corrected chi connectivity index (χ1v) is 12.1. The minimum Gasteiger partial charge on any atom is -0.450 e. The highest BCUT2D eigenvalue weighted by Crippen LogP contribution is 2.36. The Labute approximate surface area is 208 Å². The molecule has 0 atom stereocenters. The van der Waals surface area contributed by atoms with Crippen molar-refractivity contribution in [3.8, 4) is 11.1 Å². The lowest BCUT2D eigenvalue weighted by molar-refractivity contribution is -0.384. The number of hydrogen-bond donors (Lipinski definition) is 0. The summed E-state index contributed by atoms with van der Waals surface area (Å²) >= 11 is 0. The van der Waals surface area contributed by atoms with Crippen molar-refractivity contribution in [3.63, 3.8) is 0 Å². The number of nitrogens with zero attached hydrogens (tertiary/aromatic N) is 6. The predicted molar refractivity (Wildman–Crippen MR) is 135 cm³/mol. The summed E-state index contributed by atoms with van der Waals surface area (Å²) in [5, 5.41) is 12.7. The third-order valence-corrected chi connectivity index (χ3v) is 6.44. The molecule has 0 saturated carbocycles. The van der Waals surface area contributed by atoms with Crippen molar-refractivity contribution in [3.05, 3.63) is 52.6 Å². The highest BCUT2D eigenvalue weighted by atomic mass is 16.6. The first-order valence-electron chi connectivity index (χ1n) is 12.1. The minimum absolute atomic E-state index is 0.0768. The van der Waals surface area contributed by atoms with E-state index in [1.54, 1.807) is 17.9 Å². The number of nitro groups is 1. The minimum atomic E-state index is -0.405. The number of carbonyl (C=O) groups excluding carboxylic acids is 1. The Balaban J connectivity index is 1.55. The van der Waals surface area contributed by atoms with Crippen molar-refractivity contribution in [2.24, 2.45) is 0 Å². The van der Waals surface area contributed by atoms with Gasteiger partial charge in [0.1, 0.15) is 5.82 Å². The highest BCUT2D eigenvalue weighted by Gasteiger charge is 2.29. The molecule has 2 aliphatic rings. The van der Waals surface area contributed by atoms with Gasteiger partial charge in [0.25, 0.3) is 0 Å². The molecule has 0 unspecified atom stereocenters. The summed E-state index contributed by atoms with van der Waals surface area (Å²) in [6.07, 6.45) is -0.372. The van der Waals surface area contributed by atoms with Crippen LogP contribution < -0.4 is 9.80 Å². The van der Waals surface area contributed by atoms with Gasteiger partial charge in [-0.25, -0.2) is 14.8 Å². The van der Waals surface area contributed by atoms with E-state index in [0.29, 0.717) is 70.1 Å². The maximum absolute atomic E-state index is 12.1. The van der Waals surface area contributed by atoms with E-state index in [-0.39, 0.29) is 17.6 Å². The fourth-order valence-electron chi connectivity index (χ4n) is 4.60. The lowest BCUT2D eigenvalue weighted by Crippen LogP contribution is -2.49. The van der Waals surface area contributed by atoms with Gasteiger partial charge in [0.05, 0.1) is 24.7 Å². The zero-order valence-corrected chi connectivity index (χ0v) is 20.1. The van der Waals surface area contributed by atoms with Crippen LogP contribution in [0.2, 0.25) is 0 Å². The highest BCUT2D eigenvalue weighted by molar-refractivity contribution is 5.91. The van der Waals surface area contributed by atoms with Crippen LogP contribution in [-0.4, -0.2) is 85.0 Å². The van der Waals surface area contributed by atoms with Gasteiger partial charge in [-0.2, -0.15) is 0 Å². The summed E-state index contributed by atoms with van der Waals surface area (Å²) in [6, 6.07) is 13.4. The first kappa shape index (κ1) is 23.7. The first-order chi connectivity index (χ1) is 17.5. The van der Waals surface area contributed by atoms with E-state index >= 15 is 0 Å². The van der Waals surface area contributed by atoms with Crippen molar-refractivity contribution in [2.45, 2.75) is 6.92 Å². The average Bonchev–Trinajstić information content (AvgIpc) is 2.92. The molecule has 2 aliphatic heterocycles. The van der Waals surface area contributed by atoms with Crippen molar-refractivity contribution in [1.82, 2.24) is 14.9 Å². The number of aromatic nitrogens is 2. The van der Waals surface area contributed by atoms with Gasteiger partial charge in [-0.3, -0.25) is 10.1 Å². The molecule has 188 valence electrons. The second-order valence-corrected chi connectivity index (χ2v) is 8.63. The molecule has 0 spiro atoms. The van der Waals surface area contributed by atoms with Crippen molar-refractivity contribution >= 4 is 34.4 Å². The number of hydrogen-bond acceptors (Lipinski definition) is 9. The summed E-state index contributed by atoms with van der Waals surface area (Å²) in [6.45, 7) is 6.31. The van der Waals surface area contributed by atoms with Crippen molar-refractivity contribution in [1.29, 1.82) is 0 Å². The van der Waals surface area contributed by atoms with E-state index in [9.17, 15) is 14.9 Å². The number of amides is 1. The molecule has 5 rings (SSSR count). The van der Waals surface area contributed by atoms with Gasteiger partial charge in [-0.05, 0) is 18.6 Å². The number of morpholine rings is 1. The van der Waals surface area contributed by atoms with Crippen LogP contribution in [0.5, 0.6) is 0 Å². The summed E-state index contributed by atoms with van der Waals surface area (Å²) in [5.41, 5.74) is 2.25. The second kappa shape index (κ2) is 10.3. The molecular weight excluding hydrogens is 464 g/mol. The van der Waals surface area contributed by atoms with E-state index in [1.807, 2.05) is 41.3 Å². The second-order valence-electron chi connectivity index (χ2n) is 8.63. The Morgan fingerprint density at radius 2 is 1.67 bits per heavy atom. The van der Waals surface area contributed by atoms with Crippen LogP contribution in [0.15, 0.2) is 42.5 Å². The van der Waals surface area contributed by atoms with Crippen LogP contribution in [0.4, 0.5) is 22.1 Å². The van der Waals surface area contributed by atoms with Crippen LogP contribution in [0.3, 0.4) is 0 Å². The Morgan fingerprint density at radius 1 is 1.00 bits per heavy atom. The van der Waals surface area contributed by atoms with Crippen LogP contribution in [0.1, 0.15) is 6.92 Å². The number of rotatable bonds is 5. The Morgan fingerprint density at radius 3 is 2.33 bits per heavy atom. The Kier molecular flexibility index (Phi) is 6.81. The quantitative estimate of drug-likeness (QED) is 0.391. The van der Waals surface area contributed by atoms with Crippen LogP contribution >= 0.6 is 0 Å². The topological polar surface area (TPSA) is 114 Å². The third-order valence-electron chi connectivity index (χ3n) is 6.44. The number of carbonyl (C=O) groups is 1. The SMILES string of the molecule is CCOC(=O)N1CCN(c2nc3nc(N4CCOCC4)c(-c4ccccc4)cc3cc2[N+](=O)[O-])CC1. The van der Waals surface area contributed by atoms with E-state index in [2.05, 4.69) is 4.90 Å². The van der Waals surface area contributed by atoms with Crippen LogP contribution in [-0.2, 0) is 9.47 Å². The van der Waals surface area contributed by atoms with Gasteiger partial charge in [-0.1, -0.05) is 30.3 Å². The van der Waals surface area contributed by atoms with Gasteiger partial charge in [0.15, 0.2) is 5.65 Å². The predicted octanol–water partition coefficient (Wildman–Crippen LogP) is 3.32. The van der Waals surface area contributed by atoms with Gasteiger partial charge in [0, 0.05) is 56.3 Å². The molecule has 1 aromatic carbocycles. The van der Waals surface area contributed by atoms with Crippen LogP contribution in [0.25, 0.3) is 22.2 Å². The molecule has 11 heteroatoms. The zero-order valence-electron chi connectivity index (χ0n) is 20.1.